The van der Waals surface area contributed by atoms with E-state index in [2.05, 4.69) is 12.6 Å². The van der Waals surface area contributed by atoms with Gasteiger partial charge < -0.3 is 4.74 Å². The maximum atomic E-state index is 12.6. The predicted octanol–water partition coefficient (Wildman–Crippen LogP) is 4.07. The van der Waals surface area contributed by atoms with E-state index < -0.39 is 4.75 Å². The van der Waals surface area contributed by atoms with E-state index in [4.69, 9.17) is 4.74 Å². The van der Waals surface area contributed by atoms with Gasteiger partial charge in [0.05, 0.1) is 0 Å². The number of carbonyl (C=O) groups excluding carboxylic acids is 1. The Morgan fingerprint density at radius 2 is 1.50 bits per heavy atom. The minimum Gasteiger partial charge on any atom is -0.425 e. The number of benzene rings is 2. The lowest BCUT2D eigenvalue weighted by Gasteiger charge is -2.30. The van der Waals surface area contributed by atoms with Gasteiger partial charge in [-0.05, 0) is 23.6 Å². The molecule has 3 heteroatoms. The number of carbonyl (C=O) groups is 1. The molecule has 0 spiro atoms. The lowest BCUT2D eigenvalue weighted by atomic mass is 9.87. The van der Waals surface area contributed by atoms with Crippen molar-refractivity contribution in [3.05, 3.63) is 66.2 Å². The first-order valence-corrected chi connectivity index (χ1v) is 7.05. The molecule has 2 aromatic rings. The molecule has 0 N–H and O–H groups in total. The summed E-state index contributed by atoms with van der Waals surface area (Å²) >= 11 is 4.65. The first-order valence-electron chi connectivity index (χ1n) is 6.60. The fourth-order valence-corrected chi connectivity index (χ4v) is 2.25. The number of hydrogen-bond acceptors (Lipinski definition) is 3. The number of rotatable bonds is 4. The zero-order valence-corrected chi connectivity index (χ0v) is 12.5. The summed E-state index contributed by atoms with van der Waals surface area (Å²) in [5.41, 5.74) is 0.847. The number of ether oxygens (including phenoxy) is 1. The van der Waals surface area contributed by atoms with Crippen LogP contribution in [0, 0.1) is 5.92 Å². The third kappa shape index (κ3) is 2.88. The molecule has 2 nitrogen and oxygen atoms in total. The quantitative estimate of drug-likeness (QED) is 0.521. The standard InChI is InChI=1S/C17H18O2S/c1-13(2)17(20,14-9-5-3-6-10-14)16(18)19-15-11-7-4-8-12-15/h3-13,20H,1-2H3. The smallest absolute Gasteiger partial charge is 0.332 e. The summed E-state index contributed by atoms with van der Waals surface area (Å²) in [5, 5.41) is 0. The van der Waals surface area contributed by atoms with Crippen molar-refractivity contribution in [3.8, 4) is 5.75 Å². The molecule has 0 aromatic heterocycles. The molecule has 20 heavy (non-hydrogen) atoms. The zero-order valence-electron chi connectivity index (χ0n) is 11.6. The van der Waals surface area contributed by atoms with Crippen LogP contribution in [-0.2, 0) is 9.54 Å². The average molecular weight is 286 g/mol. The van der Waals surface area contributed by atoms with Crippen LogP contribution in [0.15, 0.2) is 60.7 Å². The van der Waals surface area contributed by atoms with Gasteiger partial charge in [0.25, 0.3) is 0 Å². The molecule has 0 saturated heterocycles. The Kier molecular flexibility index (Phi) is 4.50. The largest absolute Gasteiger partial charge is 0.425 e. The molecule has 2 rings (SSSR count). The van der Waals surface area contributed by atoms with Crippen LogP contribution in [0.25, 0.3) is 0 Å². The van der Waals surface area contributed by atoms with Crippen LogP contribution in [-0.4, -0.2) is 5.97 Å². The van der Waals surface area contributed by atoms with Crippen LogP contribution in [0.3, 0.4) is 0 Å². The van der Waals surface area contributed by atoms with Crippen molar-refractivity contribution in [1.82, 2.24) is 0 Å². The summed E-state index contributed by atoms with van der Waals surface area (Å²) in [6, 6.07) is 18.6. The molecule has 1 unspecified atom stereocenters. The average Bonchev–Trinajstić information content (AvgIpc) is 2.48. The first-order chi connectivity index (χ1) is 9.55. The summed E-state index contributed by atoms with van der Waals surface area (Å²) in [7, 11) is 0. The number of hydrogen-bond donors (Lipinski definition) is 1. The topological polar surface area (TPSA) is 26.3 Å². The van der Waals surface area contributed by atoms with E-state index in [1.54, 1.807) is 12.1 Å². The third-order valence-corrected chi connectivity index (χ3v) is 4.27. The Morgan fingerprint density at radius 3 is 2.00 bits per heavy atom. The van der Waals surface area contributed by atoms with E-state index in [0.29, 0.717) is 5.75 Å². The second-order valence-corrected chi connectivity index (χ2v) is 5.70. The molecule has 2 aromatic carbocycles. The summed E-state index contributed by atoms with van der Waals surface area (Å²) in [4.78, 5) is 12.6. The Hall–Kier alpha value is -1.74. The van der Waals surface area contributed by atoms with Crippen LogP contribution < -0.4 is 4.74 Å². The second kappa shape index (κ2) is 6.14. The molecule has 1 atom stereocenters. The van der Waals surface area contributed by atoms with E-state index in [9.17, 15) is 4.79 Å². The number of esters is 1. The molecule has 0 radical (unpaired) electrons. The molecular formula is C17H18O2S. The molecule has 0 heterocycles. The van der Waals surface area contributed by atoms with Gasteiger partial charge in [-0.2, -0.15) is 12.6 Å². The molecule has 0 bridgehead atoms. The molecule has 0 aliphatic rings. The molecule has 0 amide bonds. The van der Waals surface area contributed by atoms with E-state index in [1.165, 1.54) is 0 Å². The highest BCUT2D eigenvalue weighted by molar-refractivity contribution is 7.82. The summed E-state index contributed by atoms with van der Waals surface area (Å²) < 4.78 is 4.52. The SMILES string of the molecule is CC(C)C(S)(C(=O)Oc1ccccc1)c1ccccc1. The zero-order chi connectivity index (χ0) is 14.6. The summed E-state index contributed by atoms with van der Waals surface area (Å²) in [6.07, 6.45) is 0. The van der Waals surface area contributed by atoms with E-state index >= 15 is 0 Å². The van der Waals surface area contributed by atoms with Crippen molar-refractivity contribution in [3.63, 3.8) is 0 Å². The maximum Gasteiger partial charge on any atom is 0.332 e. The third-order valence-electron chi connectivity index (χ3n) is 3.31. The van der Waals surface area contributed by atoms with Crippen molar-refractivity contribution in [1.29, 1.82) is 0 Å². The summed E-state index contributed by atoms with van der Waals surface area (Å²) in [6.45, 7) is 3.93. The van der Waals surface area contributed by atoms with Crippen molar-refractivity contribution in [2.45, 2.75) is 18.6 Å². The molecule has 0 aliphatic carbocycles. The Bertz CT molecular complexity index is 566. The van der Waals surface area contributed by atoms with Gasteiger partial charge in [0.15, 0.2) is 0 Å². The van der Waals surface area contributed by atoms with Gasteiger partial charge in [-0.3, -0.25) is 0 Å². The van der Waals surface area contributed by atoms with Gasteiger partial charge in [0.1, 0.15) is 10.5 Å². The highest BCUT2D eigenvalue weighted by atomic mass is 32.1. The molecule has 104 valence electrons. The minimum absolute atomic E-state index is 0.00412. The number of thiol groups is 1. The van der Waals surface area contributed by atoms with Gasteiger partial charge >= 0.3 is 5.97 Å². The van der Waals surface area contributed by atoms with E-state index in [1.807, 2.05) is 62.4 Å². The minimum atomic E-state index is -0.961. The van der Waals surface area contributed by atoms with Crippen LogP contribution >= 0.6 is 12.6 Å². The summed E-state index contributed by atoms with van der Waals surface area (Å²) in [5.74, 6) is 0.185. The van der Waals surface area contributed by atoms with Gasteiger partial charge in [0, 0.05) is 0 Å². The monoisotopic (exact) mass is 286 g/mol. The Morgan fingerprint density at radius 1 is 1.00 bits per heavy atom. The van der Waals surface area contributed by atoms with E-state index in [0.717, 1.165) is 5.56 Å². The molecule has 0 aliphatic heterocycles. The van der Waals surface area contributed by atoms with Crippen molar-refractivity contribution in [2.24, 2.45) is 5.92 Å². The van der Waals surface area contributed by atoms with Gasteiger partial charge in [-0.15, -0.1) is 0 Å². The van der Waals surface area contributed by atoms with Crippen LogP contribution in [0.2, 0.25) is 0 Å². The van der Waals surface area contributed by atoms with Crippen molar-refractivity contribution in [2.75, 3.05) is 0 Å². The van der Waals surface area contributed by atoms with Gasteiger partial charge in [0.2, 0.25) is 0 Å². The maximum absolute atomic E-state index is 12.6. The Labute approximate surface area is 125 Å². The van der Waals surface area contributed by atoms with Crippen LogP contribution in [0.5, 0.6) is 5.75 Å². The molecule has 0 saturated carbocycles. The number of para-hydroxylation sites is 1. The van der Waals surface area contributed by atoms with Crippen molar-refractivity contribution >= 4 is 18.6 Å². The van der Waals surface area contributed by atoms with E-state index in [-0.39, 0.29) is 11.9 Å². The molecular weight excluding hydrogens is 268 g/mol. The lowest BCUT2D eigenvalue weighted by Crippen LogP contribution is -2.38. The fraction of sp³-hybridized carbons (Fsp3) is 0.235. The lowest BCUT2D eigenvalue weighted by molar-refractivity contribution is -0.138. The molecule has 0 fully saturated rings. The van der Waals surface area contributed by atoms with Gasteiger partial charge in [-0.1, -0.05) is 62.4 Å². The highest BCUT2D eigenvalue weighted by Gasteiger charge is 2.41. The van der Waals surface area contributed by atoms with Crippen LogP contribution in [0.1, 0.15) is 19.4 Å². The van der Waals surface area contributed by atoms with Gasteiger partial charge in [-0.25, -0.2) is 4.79 Å². The van der Waals surface area contributed by atoms with Crippen molar-refractivity contribution < 1.29 is 9.53 Å². The highest BCUT2D eigenvalue weighted by Crippen LogP contribution is 2.37. The first kappa shape index (κ1) is 14.7. The normalized spacial score (nSPS) is 13.8. The fourth-order valence-electron chi connectivity index (χ4n) is 2.05. The predicted molar refractivity (Wildman–Crippen MR) is 84.0 cm³/mol. The Balaban J connectivity index is 2.32. The second-order valence-electron chi connectivity index (χ2n) is 4.99. The van der Waals surface area contributed by atoms with Crippen LogP contribution in [0.4, 0.5) is 0 Å².